The number of fused-ring (bicyclic) bond motifs is 1. The highest BCUT2D eigenvalue weighted by atomic mass is 32.2. The fourth-order valence-electron chi connectivity index (χ4n) is 0.905. The van der Waals surface area contributed by atoms with E-state index < -0.39 is 11.1 Å². The minimum Gasteiger partial charge on any atom is -0.165 e. The molecule has 0 aromatic carbocycles. The van der Waals surface area contributed by atoms with Crippen molar-refractivity contribution in [2.24, 2.45) is 0 Å². The number of alkyl halides is 3. The standard InChI is InChI=1S/C7H3F3S2/c8-7(9,10)5-3-4-1-2-11-6(4)12-5/h1-3H. The van der Waals surface area contributed by atoms with E-state index in [1.165, 1.54) is 17.4 Å². The third kappa shape index (κ3) is 1.23. The molecule has 0 aliphatic rings. The molecular weight excluding hydrogens is 205 g/mol. The van der Waals surface area contributed by atoms with E-state index >= 15 is 0 Å². The topological polar surface area (TPSA) is 0 Å². The summed E-state index contributed by atoms with van der Waals surface area (Å²) in [5.74, 6) is 0. The van der Waals surface area contributed by atoms with Crippen LogP contribution in [0.2, 0.25) is 0 Å². The average Bonchev–Trinajstić information content (AvgIpc) is 2.37. The Balaban J connectivity index is 2.59. The van der Waals surface area contributed by atoms with E-state index in [1.807, 2.05) is 0 Å². The zero-order chi connectivity index (χ0) is 8.77. The average molecular weight is 208 g/mol. The monoisotopic (exact) mass is 208 g/mol. The summed E-state index contributed by atoms with van der Waals surface area (Å²) < 4.78 is 37.1. The van der Waals surface area contributed by atoms with Gasteiger partial charge in [0.1, 0.15) is 4.88 Å². The number of rotatable bonds is 0. The van der Waals surface area contributed by atoms with Gasteiger partial charge in [0.15, 0.2) is 0 Å². The number of hydrogen-bond donors (Lipinski definition) is 0. The maximum absolute atomic E-state index is 12.1. The summed E-state index contributed by atoms with van der Waals surface area (Å²) in [5.41, 5.74) is 0. The molecule has 2 aromatic rings. The molecule has 64 valence electrons. The van der Waals surface area contributed by atoms with Gasteiger partial charge in [-0.25, -0.2) is 0 Å². The van der Waals surface area contributed by atoms with Crippen molar-refractivity contribution in [3.8, 4) is 0 Å². The summed E-state index contributed by atoms with van der Waals surface area (Å²) in [7, 11) is 0. The molecule has 2 aromatic heterocycles. The summed E-state index contributed by atoms with van der Waals surface area (Å²) in [4.78, 5) is -0.510. The molecule has 0 bridgehead atoms. The second-order valence-electron chi connectivity index (χ2n) is 2.27. The predicted molar refractivity (Wildman–Crippen MR) is 44.7 cm³/mol. The molecule has 0 atom stereocenters. The molecule has 5 heteroatoms. The molecule has 0 saturated heterocycles. The maximum atomic E-state index is 12.1. The third-order valence-corrected chi connectivity index (χ3v) is 3.68. The smallest absolute Gasteiger partial charge is 0.165 e. The van der Waals surface area contributed by atoms with Gasteiger partial charge in [-0.05, 0) is 17.5 Å². The van der Waals surface area contributed by atoms with Crippen molar-refractivity contribution in [2.75, 3.05) is 0 Å². The van der Waals surface area contributed by atoms with E-state index in [0.29, 0.717) is 5.39 Å². The van der Waals surface area contributed by atoms with Crippen LogP contribution in [-0.2, 0) is 6.18 Å². The molecule has 0 amide bonds. The molecule has 0 aliphatic heterocycles. The van der Waals surface area contributed by atoms with Crippen molar-refractivity contribution in [2.45, 2.75) is 6.18 Å². The largest absolute Gasteiger partial charge is 0.425 e. The summed E-state index contributed by atoms with van der Waals surface area (Å²) in [5, 5.41) is 2.48. The van der Waals surface area contributed by atoms with Crippen LogP contribution in [0.15, 0.2) is 17.5 Å². The van der Waals surface area contributed by atoms with E-state index in [2.05, 4.69) is 0 Å². The first-order chi connectivity index (χ1) is 5.57. The summed E-state index contributed by atoms with van der Waals surface area (Å²) in [6.45, 7) is 0. The minimum absolute atomic E-state index is 0.510. The highest BCUT2D eigenvalue weighted by molar-refractivity contribution is 7.37. The molecule has 0 nitrogen and oxygen atoms in total. The van der Waals surface area contributed by atoms with Gasteiger partial charge in [-0.3, -0.25) is 0 Å². The van der Waals surface area contributed by atoms with E-state index in [9.17, 15) is 13.2 Å². The second-order valence-corrected chi connectivity index (χ2v) is 4.50. The molecular formula is C7H3F3S2. The van der Waals surface area contributed by atoms with E-state index in [0.717, 1.165) is 15.4 Å². The molecule has 0 spiro atoms. The van der Waals surface area contributed by atoms with Crippen LogP contribution in [0.5, 0.6) is 0 Å². The van der Waals surface area contributed by atoms with Crippen molar-refractivity contribution in [1.29, 1.82) is 0 Å². The maximum Gasteiger partial charge on any atom is 0.425 e. The Bertz CT molecular complexity index is 367. The molecule has 0 aliphatic carbocycles. The number of halogens is 3. The Morgan fingerprint density at radius 1 is 1.25 bits per heavy atom. The predicted octanol–water partition coefficient (Wildman–Crippen LogP) is 3.98. The number of hydrogen-bond acceptors (Lipinski definition) is 2. The van der Waals surface area contributed by atoms with Crippen LogP contribution in [0.4, 0.5) is 13.2 Å². The van der Waals surface area contributed by atoms with Crippen molar-refractivity contribution in [3.63, 3.8) is 0 Å². The lowest BCUT2D eigenvalue weighted by Crippen LogP contribution is -2.00. The first kappa shape index (κ1) is 8.07. The van der Waals surface area contributed by atoms with Gasteiger partial charge in [-0.2, -0.15) is 13.2 Å². The van der Waals surface area contributed by atoms with Gasteiger partial charge in [0.2, 0.25) is 0 Å². The first-order valence-corrected chi connectivity index (χ1v) is 4.81. The van der Waals surface area contributed by atoms with Gasteiger partial charge in [0.25, 0.3) is 0 Å². The minimum atomic E-state index is -4.19. The molecule has 2 heterocycles. The quantitative estimate of drug-likeness (QED) is 0.614. The Morgan fingerprint density at radius 3 is 2.58 bits per heavy atom. The van der Waals surface area contributed by atoms with Crippen LogP contribution in [0.1, 0.15) is 4.88 Å². The molecule has 0 fully saturated rings. The molecule has 2 rings (SSSR count). The zero-order valence-corrected chi connectivity index (χ0v) is 7.32. The lowest BCUT2D eigenvalue weighted by Gasteiger charge is -1.99. The molecule has 0 saturated carbocycles. The van der Waals surface area contributed by atoms with Gasteiger partial charge < -0.3 is 0 Å². The fraction of sp³-hybridized carbons (Fsp3) is 0.143. The van der Waals surface area contributed by atoms with E-state index in [4.69, 9.17) is 0 Å². The molecule has 0 N–H and O–H groups in total. The Morgan fingerprint density at radius 2 is 2.00 bits per heavy atom. The van der Waals surface area contributed by atoms with Gasteiger partial charge in [-0.1, -0.05) is 0 Å². The van der Waals surface area contributed by atoms with Gasteiger partial charge in [0, 0.05) is 5.39 Å². The normalized spacial score (nSPS) is 12.6. The Hall–Kier alpha value is -0.550. The molecule has 12 heavy (non-hydrogen) atoms. The number of thiophene rings is 2. The zero-order valence-electron chi connectivity index (χ0n) is 5.68. The Labute approximate surface area is 74.3 Å². The SMILES string of the molecule is FC(F)(F)c1cc2ccsc2s1. The highest BCUT2D eigenvalue weighted by Crippen LogP contribution is 2.39. The summed E-state index contributed by atoms with van der Waals surface area (Å²) in [6.07, 6.45) is -4.19. The first-order valence-electron chi connectivity index (χ1n) is 3.11. The summed E-state index contributed by atoms with van der Waals surface area (Å²) >= 11 is 2.15. The second kappa shape index (κ2) is 2.47. The van der Waals surface area contributed by atoms with Crippen LogP contribution in [-0.4, -0.2) is 0 Å². The van der Waals surface area contributed by atoms with Gasteiger partial charge in [0.05, 0.1) is 4.01 Å². The van der Waals surface area contributed by atoms with Crippen LogP contribution < -0.4 is 0 Å². The van der Waals surface area contributed by atoms with Crippen LogP contribution in [0.3, 0.4) is 0 Å². The van der Waals surface area contributed by atoms with Crippen LogP contribution >= 0.6 is 22.7 Å². The molecule has 0 radical (unpaired) electrons. The lowest BCUT2D eigenvalue weighted by molar-refractivity contribution is -0.134. The van der Waals surface area contributed by atoms with Gasteiger partial charge >= 0.3 is 6.18 Å². The van der Waals surface area contributed by atoms with Crippen LogP contribution in [0.25, 0.3) is 9.40 Å². The fourth-order valence-corrected chi connectivity index (χ4v) is 2.88. The summed E-state index contributed by atoms with van der Waals surface area (Å²) in [6, 6.07) is 2.89. The van der Waals surface area contributed by atoms with E-state index in [1.54, 1.807) is 11.4 Å². The lowest BCUT2D eigenvalue weighted by atomic mass is 10.4. The van der Waals surface area contributed by atoms with Crippen molar-refractivity contribution in [1.82, 2.24) is 0 Å². The third-order valence-electron chi connectivity index (χ3n) is 1.43. The Kier molecular flexibility index (Phi) is 1.66. The highest BCUT2D eigenvalue weighted by Gasteiger charge is 2.32. The van der Waals surface area contributed by atoms with E-state index in [-0.39, 0.29) is 0 Å². The van der Waals surface area contributed by atoms with Crippen molar-refractivity contribution in [3.05, 3.63) is 22.4 Å². The van der Waals surface area contributed by atoms with Crippen molar-refractivity contribution < 1.29 is 13.2 Å². The van der Waals surface area contributed by atoms with Crippen molar-refractivity contribution >= 4 is 32.1 Å². The van der Waals surface area contributed by atoms with Crippen LogP contribution in [0, 0.1) is 0 Å². The van der Waals surface area contributed by atoms with Gasteiger partial charge in [-0.15, -0.1) is 22.7 Å². The molecule has 0 unspecified atom stereocenters.